The molecule has 0 spiro atoms. The third kappa shape index (κ3) is 8.51. The first-order chi connectivity index (χ1) is 3.66. The molecular formula is C3H8HgO4Si. The van der Waals surface area contributed by atoms with Crippen molar-refractivity contribution >= 4 is 9.17 Å². The minimum Gasteiger partial charge on any atom is -0.511 e. The molecule has 4 nitrogen and oxygen atoms in total. The number of ether oxygens (including phenoxy) is 1. The molecule has 0 aromatic carbocycles. The van der Waals surface area contributed by atoms with Crippen molar-refractivity contribution in [1.29, 1.82) is 0 Å². The van der Waals surface area contributed by atoms with E-state index in [1.807, 2.05) is 0 Å². The van der Waals surface area contributed by atoms with Crippen LogP contribution in [-0.2, 0) is 41.3 Å². The van der Waals surface area contributed by atoms with Gasteiger partial charge >= 0.3 is 9.17 Å². The Balaban J connectivity index is 0. The molecule has 0 aliphatic heterocycles. The van der Waals surface area contributed by atoms with Gasteiger partial charge in [0, 0.05) is 34.8 Å². The Kier molecular flexibility index (Phi) is 9.00. The number of methoxy groups -OCH3 is 1. The maximum absolute atomic E-state index is 9.85. The third-order valence-electron chi connectivity index (χ3n) is 0.599. The summed E-state index contributed by atoms with van der Waals surface area (Å²) in [7, 11) is -1.42. The van der Waals surface area contributed by atoms with Crippen LogP contribution in [0.4, 0.5) is 0 Å². The van der Waals surface area contributed by atoms with Gasteiger partial charge in [-0.25, -0.2) is 0 Å². The fourth-order valence-electron chi connectivity index (χ4n) is 0.190. The van der Waals surface area contributed by atoms with Crippen molar-refractivity contribution < 1.29 is 46.1 Å². The normalized spacial score (nSPS) is 11.3. The van der Waals surface area contributed by atoms with Crippen LogP contribution in [0.25, 0.3) is 0 Å². The summed E-state index contributed by atoms with van der Waals surface area (Å²) >= 11 is 0. The summed E-state index contributed by atoms with van der Waals surface area (Å²) in [6, 6.07) is 0. The fourth-order valence-corrected chi connectivity index (χ4v) is 0.570. The van der Waals surface area contributed by atoms with Crippen molar-refractivity contribution in [3.05, 3.63) is 0 Å². The average molecular weight is 337 g/mol. The molecule has 0 aromatic heterocycles. The molecule has 0 fully saturated rings. The Hall–Kier alpha value is 0.512. The molecule has 0 aromatic rings. The summed E-state index contributed by atoms with van der Waals surface area (Å²) in [6.07, 6.45) is -0.591. The molecule has 0 aliphatic carbocycles. The van der Waals surface area contributed by atoms with E-state index >= 15 is 0 Å². The standard InChI is InChI=1S/C3H8O4Si.Hg/c1-3(6-2)7-8(4)5;/h3-4H,1-2H3;. The molecule has 0 saturated carbocycles. The van der Waals surface area contributed by atoms with Crippen molar-refractivity contribution in [2.75, 3.05) is 7.11 Å². The first-order valence-corrected chi connectivity index (χ1v) is 3.35. The molecule has 0 aliphatic rings. The summed E-state index contributed by atoms with van der Waals surface area (Å²) < 4.78 is 18.6. The topological polar surface area (TPSA) is 55.8 Å². The van der Waals surface area contributed by atoms with Crippen molar-refractivity contribution in [2.24, 2.45) is 0 Å². The molecule has 0 bridgehead atoms. The van der Waals surface area contributed by atoms with E-state index in [9.17, 15) is 4.46 Å². The van der Waals surface area contributed by atoms with Gasteiger partial charge in [0.05, 0.1) is 0 Å². The first kappa shape index (κ1) is 12.2. The smallest absolute Gasteiger partial charge is 0.511 e. The van der Waals surface area contributed by atoms with E-state index < -0.39 is 15.5 Å². The molecule has 0 rings (SSSR count). The second kappa shape index (κ2) is 6.63. The Labute approximate surface area is 75.6 Å². The van der Waals surface area contributed by atoms with Crippen LogP contribution in [0.3, 0.4) is 0 Å². The third-order valence-corrected chi connectivity index (χ3v) is 1.13. The molecule has 9 heavy (non-hydrogen) atoms. The number of hydrogen-bond acceptors (Lipinski definition) is 3. The van der Waals surface area contributed by atoms with E-state index in [-0.39, 0.29) is 27.7 Å². The van der Waals surface area contributed by atoms with Crippen molar-refractivity contribution in [3.63, 3.8) is 0 Å². The Morgan fingerprint density at radius 2 is 2.11 bits per heavy atom. The predicted molar refractivity (Wildman–Crippen MR) is 26.2 cm³/mol. The van der Waals surface area contributed by atoms with Gasteiger partial charge in [-0.2, -0.15) is 0 Å². The molecule has 0 heterocycles. The van der Waals surface area contributed by atoms with Gasteiger partial charge in [0.1, 0.15) is 0 Å². The second-order valence-corrected chi connectivity index (χ2v) is 1.95. The quantitative estimate of drug-likeness (QED) is 0.552. The van der Waals surface area contributed by atoms with Crippen LogP contribution in [0, 0.1) is 0 Å². The summed E-state index contributed by atoms with van der Waals surface area (Å²) in [4.78, 5) is 8.10. The summed E-state index contributed by atoms with van der Waals surface area (Å²) in [5.74, 6) is 0. The zero-order chi connectivity index (χ0) is 6.57. The monoisotopic (exact) mass is 338 g/mol. The second-order valence-electron chi connectivity index (χ2n) is 1.19. The van der Waals surface area contributed by atoms with Crippen LogP contribution in [0.1, 0.15) is 6.92 Å². The summed E-state index contributed by atoms with van der Waals surface area (Å²) in [5.41, 5.74) is 0. The molecule has 6 heteroatoms. The van der Waals surface area contributed by atoms with Crippen LogP contribution in [0.15, 0.2) is 0 Å². The minimum absolute atomic E-state index is 0. The number of hydrogen-bond donors (Lipinski definition) is 1. The van der Waals surface area contributed by atoms with Gasteiger partial charge in [0.2, 0.25) is 0 Å². The fraction of sp³-hybridized carbons (Fsp3) is 1.00. The maximum atomic E-state index is 9.85. The van der Waals surface area contributed by atoms with Crippen LogP contribution in [0.5, 0.6) is 0 Å². The van der Waals surface area contributed by atoms with Gasteiger partial charge in [-0.1, -0.05) is 0 Å². The predicted octanol–water partition coefficient (Wildman–Crippen LogP) is -0.599. The molecule has 1 unspecified atom stereocenters. The number of rotatable bonds is 3. The Morgan fingerprint density at radius 1 is 1.67 bits per heavy atom. The van der Waals surface area contributed by atoms with Crippen molar-refractivity contribution in [3.8, 4) is 0 Å². The van der Waals surface area contributed by atoms with Crippen LogP contribution >= 0.6 is 0 Å². The van der Waals surface area contributed by atoms with E-state index in [0.717, 1.165) is 0 Å². The van der Waals surface area contributed by atoms with Gasteiger partial charge in [-0.3, -0.25) is 4.46 Å². The zero-order valence-electron chi connectivity index (χ0n) is 5.46. The SMILES string of the molecule is COC(C)O[Si](=O)O.[Hg]. The van der Waals surface area contributed by atoms with Gasteiger partial charge in [0.15, 0.2) is 6.29 Å². The van der Waals surface area contributed by atoms with Gasteiger partial charge in [-0.15, -0.1) is 0 Å². The molecule has 0 saturated heterocycles. The summed E-state index contributed by atoms with van der Waals surface area (Å²) in [5, 5.41) is 0. The Bertz CT molecular complexity index is 87.9. The van der Waals surface area contributed by atoms with Gasteiger partial charge < -0.3 is 14.0 Å². The van der Waals surface area contributed by atoms with Crippen molar-refractivity contribution in [1.82, 2.24) is 0 Å². The largest absolute Gasteiger partial charge is 0.766 e. The van der Waals surface area contributed by atoms with E-state index in [2.05, 4.69) is 9.16 Å². The van der Waals surface area contributed by atoms with E-state index in [0.29, 0.717) is 0 Å². The molecular weight excluding hydrogens is 329 g/mol. The van der Waals surface area contributed by atoms with Crippen LogP contribution < -0.4 is 0 Å². The van der Waals surface area contributed by atoms with E-state index in [1.54, 1.807) is 6.92 Å². The molecule has 0 radical (unpaired) electrons. The summed E-state index contributed by atoms with van der Waals surface area (Å²) in [6.45, 7) is 1.54. The van der Waals surface area contributed by atoms with Gasteiger partial charge in [0.25, 0.3) is 0 Å². The van der Waals surface area contributed by atoms with E-state index in [1.165, 1.54) is 7.11 Å². The molecule has 1 N–H and O–H groups in total. The Morgan fingerprint density at radius 3 is 2.22 bits per heavy atom. The molecule has 1 atom stereocenters. The first-order valence-electron chi connectivity index (χ1n) is 2.09. The van der Waals surface area contributed by atoms with Crippen molar-refractivity contribution in [2.45, 2.75) is 13.2 Å². The van der Waals surface area contributed by atoms with Crippen LogP contribution in [-0.4, -0.2) is 27.4 Å². The average Bonchev–Trinajstić information content (AvgIpc) is 1.65. The minimum atomic E-state index is -2.82. The zero-order valence-corrected chi connectivity index (χ0v) is 12.0. The maximum Gasteiger partial charge on any atom is 0.766 e. The molecule has 50 valence electrons. The van der Waals surface area contributed by atoms with E-state index in [4.69, 9.17) is 4.80 Å². The van der Waals surface area contributed by atoms with Gasteiger partial charge in [-0.05, 0) is 6.92 Å². The van der Waals surface area contributed by atoms with Crippen LogP contribution in [0.2, 0.25) is 0 Å². The molecule has 0 amide bonds.